The molecule has 2 heterocycles. The number of rotatable bonds is 4. The average molecular weight is 318 g/mol. The Morgan fingerprint density at radius 3 is 2.96 bits per heavy atom. The Morgan fingerprint density at radius 2 is 2.26 bits per heavy atom. The van der Waals surface area contributed by atoms with Gasteiger partial charge in [-0.15, -0.1) is 0 Å². The molecular formula is C18H26N2O3. The third-order valence-electron chi connectivity index (χ3n) is 5.19. The van der Waals surface area contributed by atoms with E-state index in [9.17, 15) is 4.79 Å². The van der Waals surface area contributed by atoms with Crippen LogP contribution in [0, 0.1) is 12.3 Å². The van der Waals surface area contributed by atoms with E-state index in [-0.39, 0.29) is 17.4 Å². The lowest BCUT2D eigenvalue weighted by Crippen LogP contribution is -2.42. The van der Waals surface area contributed by atoms with Gasteiger partial charge in [0.15, 0.2) is 0 Å². The van der Waals surface area contributed by atoms with Gasteiger partial charge in [-0.05, 0) is 50.9 Å². The van der Waals surface area contributed by atoms with Crippen LogP contribution in [0.1, 0.15) is 25.3 Å². The van der Waals surface area contributed by atoms with Crippen molar-refractivity contribution in [2.24, 2.45) is 5.41 Å². The Bertz CT molecular complexity index is 582. The van der Waals surface area contributed by atoms with Crippen molar-refractivity contribution in [2.45, 2.75) is 32.7 Å². The van der Waals surface area contributed by atoms with Gasteiger partial charge in [-0.25, -0.2) is 0 Å². The summed E-state index contributed by atoms with van der Waals surface area (Å²) >= 11 is 0. The van der Waals surface area contributed by atoms with Gasteiger partial charge in [0, 0.05) is 18.6 Å². The van der Waals surface area contributed by atoms with Gasteiger partial charge in [0.1, 0.15) is 5.75 Å². The molecule has 0 aliphatic carbocycles. The molecule has 2 fully saturated rings. The summed E-state index contributed by atoms with van der Waals surface area (Å²) in [7, 11) is 1.62. The highest BCUT2D eigenvalue weighted by molar-refractivity contribution is 5.96. The molecule has 1 spiro atoms. The number of nitrogens with zero attached hydrogens (tertiary/aromatic N) is 1. The zero-order chi connectivity index (χ0) is 16.4. The first kappa shape index (κ1) is 16.3. The van der Waals surface area contributed by atoms with Crippen LogP contribution in [-0.4, -0.2) is 50.3 Å². The Balaban J connectivity index is 1.65. The SMILES string of the molecule is COc1ccc(C)cc1NC(=O)[C@@H](C)N1CC[C@@]2(CCOC2)C1. The zero-order valence-corrected chi connectivity index (χ0v) is 14.2. The summed E-state index contributed by atoms with van der Waals surface area (Å²) in [5.41, 5.74) is 2.11. The summed E-state index contributed by atoms with van der Waals surface area (Å²) in [6.45, 7) is 7.59. The molecule has 1 aromatic rings. The molecule has 0 saturated carbocycles. The van der Waals surface area contributed by atoms with E-state index in [4.69, 9.17) is 9.47 Å². The number of hydrogen-bond acceptors (Lipinski definition) is 4. The summed E-state index contributed by atoms with van der Waals surface area (Å²) in [6, 6.07) is 5.65. The maximum absolute atomic E-state index is 12.6. The minimum atomic E-state index is -0.153. The summed E-state index contributed by atoms with van der Waals surface area (Å²) < 4.78 is 10.9. The number of nitrogens with one attached hydrogen (secondary N) is 1. The standard InChI is InChI=1S/C18H26N2O3/c1-13-4-5-16(22-3)15(10-13)19-17(21)14(2)20-8-6-18(11-20)7-9-23-12-18/h4-5,10,14H,6-9,11-12H2,1-3H3,(H,19,21)/t14-,18-/m1/s1. The lowest BCUT2D eigenvalue weighted by atomic mass is 9.87. The van der Waals surface area contributed by atoms with Gasteiger partial charge in [-0.3, -0.25) is 9.69 Å². The highest BCUT2D eigenvalue weighted by Gasteiger charge is 2.43. The van der Waals surface area contributed by atoms with Gasteiger partial charge in [0.25, 0.3) is 0 Å². The van der Waals surface area contributed by atoms with Crippen LogP contribution in [-0.2, 0) is 9.53 Å². The average Bonchev–Trinajstić information content (AvgIpc) is 3.17. The molecule has 126 valence electrons. The quantitative estimate of drug-likeness (QED) is 0.926. The van der Waals surface area contributed by atoms with Crippen LogP contribution in [0.25, 0.3) is 0 Å². The van der Waals surface area contributed by atoms with E-state index in [2.05, 4.69) is 10.2 Å². The van der Waals surface area contributed by atoms with Crippen molar-refractivity contribution >= 4 is 11.6 Å². The number of carbonyl (C=O) groups excluding carboxylic acids is 1. The smallest absolute Gasteiger partial charge is 0.241 e. The first-order chi connectivity index (χ1) is 11.0. The maximum atomic E-state index is 12.6. The Hall–Kier alpha value is -1.59. The number of ether oxygens (including phenoxy) is 2. The van der Waals surface area contributed by atoms with E-state index in [1.54, 1.807) is 7.11 Å². The number of hydrogen-bond donors (Lipinski definition) is 1. The molecule has 2 aliphatic heterocycles. The summed E-state index contributed by atoms with van der Waals surface area (Å²) in [5.74, 6) is 0.711. The number of carbonyl (C=O) groups is 1. The van der Waals surface area contributed by atoms with Crippen LogP contribution in [0.3, 0.4) is 0 Å². The molecule has 2 saturated heterocycles. The summed E-state index contributed by atoms with van der Waals surface area (Å²) in [4.78, 5) is 14.9. The first-order valence-electron chi connectivity index (χ1n) is 8.30. The second kappa shape index (κ2) is 6.49. The Kier molecular flexibility index (Phi) is 4.60. The predicted molar refractivity (Wildman–Crippen MR) is 89.9 cm³/mol. The summed E-state index contributed by atoms with van der Waals surface area (Å²) in [6.07, 6.45) is 2.24. The van der Waals surface area contributed by atoms with E-state index in [1.165, 1.54) is 0 Å². The van der Waals surface area contributed by atoms with Crippen molar-refractivity contribution in [1.82, 2.24) is 4.90 Å². The molecule has 2 aliphatic rings. The van der Waals surface area contributed by atoms with Crippen LogP contribution in [0.5, 0.6) is 5.75 Å². The van der Waals surface area contributed by atoms with Crippen molar-refractivity contribution in [3.63, 3.8) is 0 Å². The molecule has 0 unspecified atom stereocenters. The van der Waals surface area contributed by atoms with E-state index in [1.807, 2.05) is 32.0 Å². The van der Waals surface area contributed by atoms with E-state index in [0.717, 1.165) is 50.4 Å². The van der Waals surface area contributed by atoms with Gasteiger partial charge in [-0.1, -0.05) is 6.07 Å². The molecule has 5 nitrogen and oxygen atoms in total. The second-order valence-corrected chi connectivity index (χ2v) is 6.89. The number of anilines is 1. The minimum Gasteiger partial charge on any atom is -0.495 e. The van der Waals surface area contributed by atoms with Gasteiger partial charge in [-0.2, -0.15) is 0 Å². The lowest BCUT2D eigenvalue weighted by molar-refractivity contribution is -0.120. The van der Waals surface area contributed by atoms with Gasteiger partial charge < -0.3 is 14.8 Å². The van der Waals surface area contributed by atoms with Crippen LogP contribution in [0.4, 0.5) is 5.69 Å². The van der Waals surface area contributed by atoms with E-state index in [0.29, 0.717) is 5.75 Å². The maximum Gasteiger partial charge on any atom is 0.241 e. The zero-order valence-electron chi connectivity index (χ0n) is 14.2. The fraction of sp³-hybridized carbons (Fsp3) is 0.611. The topological polar surface area (TPSA) is 50.8 Å². The number of benzene rings is 1. The first-order valence-corrected chi connectivity index (χ1v) is 8.30. The number of amides is 1. The Morgan fingerprint density at radius 1 is 1.43 bits per heavy atom. The normalized spacial score (nSPS) is 25.7. The van der Waals surface area contributed by atoms with Crippen LogP contribution in [0.15, 0.2) is 18.2 Å². The molecule has 23 heavy (non-hydrogen) atoms. The highest BCUT2D eigenvalue weighted by Crippen LogP contribution is 2.39. The van der Waals surface area contributed by atoms with Crippen molar-refractivity contribution in [3.8, 4) is 5.75 Å². The van der Waals surface area contributed by atoms with Gasteiger partial charge in [0.05, 0.1) is 25.4 Å². The molecule has 0 radical (unpaired) electrons. The van der Waals surface area contributed by atoms with Crippen molar-refractivity contribution in [2.75, 3.05) is 38.7 Å². The van der Waals surface area contributed by atoms with E-state index < -0.39 is 0 Å². The van der Waals surface area contributed by atoms with Crippen LogP contribution in [0.2, 0.25) is 0 Å². The minimum absolute atomic E-state index is 0.0184. The van der Waals surface area contributed by atoms with Gasteiger partial charge in [0.2, 0.25) is 5.91 Å². The van der Waals surface area contributed by atoms with Crippen molar-refractivity contribution < 1.29 is 14.3 Å². The third kappa shape index (κ3) is 3.35. The fourth-order valence-electron chi connectivity index (χ4n) is 3.59. The molecule has 1 N–H and O–H groups in total. The largest absolute Gasteiger partial charge is 0.495 e. The molecule has 1 amide bonds. The third-order valence-corrected chi connectivity index (χ3v) is 5.19. The molecule has 1 aromatic carbocycles. The number of methoxy groups -OCH3 is 1. The lowest BCUT2D eigenvalue weighted by Gasteiger charge is -2.26. The molecule has 5 heteroatoms. The van der Waals surface area contributed by atoms with Crippen molar-refractivity contribution in [1.29, 1.82) is 0 Å². The molecule has 2 atom stereocenters. The molecule has 0 aromatic heterocycles. The van der Waals surface area contributed by atoms with Crippen LogP contribution < -0.4 is 10.1 Å². The summed E-state index contributed by atoms with van der Waals surface area (Å²) in [5, 5.41) is 3.02. The van der Waals surface area contributed by atoms with E-state index >= 15 is 0 Å². The monoisotopic (exact) mass is 318 g/mol. The highest BCUT2D eigenvalue weighted by atomic mass is 16.5. The van der Waals surface area contributed by atoms with Crippen molar-refractivity contribution in [3.05, 3.63) is 23.8 Å². The number of likely N-dealkylation sites (tertiary alicyclic amines) is 1. The fourth-order valence-corrected chi connectivity index (χ4v) is 3.59. The van der Waals surface area contributed by atoms with Gasteiger partial charge >= 0.3 is 0 Å². The number of aryl methyl sites for hydroxylation is 1. The second-order valence-electron chi connectivity index (χ2n) is 6.89. The molecule has 0 bridgehead atoms. The predicted octanol–water partition coefficient (Wildman–Crippen LogP) is 2.44. The Labute approximate surface area is 137 Å². The van der Waals surface area contributed by atoms with Crippen LogP contribution >= 0.6 is 0 Å². The molecular weight excluding hydrogens is 292 g/mol. The molecule has 3 rings (SSSR count).